The monoisotopic (exact) mass is 284 g/mol. The van der Waals surface area contributed by atoms with Crippen LogP contribution in [-0.4, -0.2) is 19.7 Å². The molecule has 0 amide bonds. The van der Waals surface area contributed by atoms with E-state index in [4.69, 9.17) is 9.47 Å². The van der Waals surface area contributed by atoms with Gasteiger partial charge in [-0.25, -0.2) is 4.79 Å². The Kier molecular flexibility index (Phi) is 3.88. The first-order chi connectivity index (χ1) is 10.3. The van der Waals surface area contributed by atoms with Crippen molar-refractivity contribution in [2.45, 2.75) is 12.7 Å². The smallest absolute Gasteiger partial charge is 0.337 e. The average Bonchev–Trinajstić information content (AvgIpc) is 3.42. The highest BCUT2D eigenvalue weighted by molar-refractivity contribution is 5.89. The summed E-state index contributed by atoms with van der Waals surface area (Å²) in [4.78, 5) is 11.1. The van der Waals surface area contributed by atoms with Crippen LogP contribution in [0.4, 0.5) is 0 Å². The fraction of sp³-hybridized carbons (Fsp3) is 0.235. The molecule has 21 heavy (non-hydrogen) atoms. The van der Waals surface area contributed by atoms with Crippen LogP contribution in [0.5, 0.6) is 5.75 Å². The summed E-state index contributed by atoms with van der Waals surface area (Å²) >= 11 is 0. The van der Waals surface area contributed by atoms with Gasteiger partial charge in [-0.2, -0.15) is 0 Å². The molecule has 108 valence electrons. The third-order valence-electron chi connectivity index (χ3n) is 3.34. The molecule has 0 N–H and O–H groups in total. The fourth-order valence-electron chi connectivity index (χ4n) is 2.07. The zero-order valence-electron chi connectivity index (χ0n) is 11.7. The van der Waals surface area contributed by atoms with Gasteiger partial charge in [-0.05, 0) is 35.4 Å². The van der Waals surface area contributed by atoms with Crippen molar-refractivity contribution >= 4 is 5.97 Å². The van der Waals surface area contributed by atoms with E-state index in [2.05, 4.69) is 16.9 Å². The van der Waals surface area contributed by atoms with E-state index in [0.29, 0.717) is 5.56 Å². The summed E-state index contributed by atoms with van der Waals surface area (Å²) in [6.07, 6.45) is 0.185. The summed E-state index contributed by atoms with van der Waals surface area (Å²) in [5, 5.41) is 0. The van der Waals surface area contributed by atoms with Gasteiger partial charge in [0.25, 0.3) is 0 Å². The molecule has 3 heterocycles. The summed E-state index contributed by atoms with van der Waals surface area (Å²) < 4.78 is 14.9. The number of carbonyl (C=O) groups excluding carboxylic acids is 1. The van der Waals surface area contributed by atoms with Crippen molar-refractivity contribution < 1.29 is 19.0 Å². The highest BCUT2D eigenvalue weighted by atomic mass is 16.6. The van der Waals surface area contributed by atoms with Gasteiger partial charge in [0.05, 0.1) is 19.3 Å². The molecular weight excluding hydrogens is 268 g/mol. The summed E-state index contributed by atoms with van der Waals surface area (Å²) in [6.45, 7) is 1.52. The lowest BCUT2D eigenvalue weighted by atomic mass is 10.1. The van der Waals surface area contributed by atoms with E-state index < -0.39 is 0 Å². The first-order valence-electron chi connectivity index (χ1n) is 6.78. The number of ether oxygens (including phenoxy) is 3. The van der Waals surface area contributed by atoms with E-state index >= 15 is 0 Å². The molecule has 1 saturated heterocycles. The minimum absolute atomic E-state index is 0.185. The summed E-state index contributed by atoms with van der Waals surface area (Å²) in [7, 11) is 1.38. The highest BCUT2D eigenvalue weighted by Gasteiger charge is 2.25. The normalized spacial score (nSPS) is 17.3. The molecule has 4 nitrogen and oxygen atoms in total. The number of carbonyl (C=O) groups is 1. The maximum absolute atomic E-state index is 11.1. The van der Waals surface area contributed by atoms with Gasteiger partial charge < -0.3 is 14.2 Å². The molecule has 2 aromatic rings. The zero-order chi connectivity index (χ0) is 14.7. The van der Waals surface area contributed by atoms with Crippen molar-refractivity contribution in [2.75, 3.05) is 13.7 Å². The van der Waals surface area contributed by atoms with E-state index in [-0.39, 0.29) is 12.1 Å². The van der Waals surface area contributed by atoms with Gasteiger partial charge >= 0.3 is 5.97 Å². The van der Waals surface area contributed by atoms with E-state index in [1.54, 1.807) is 6.07 Å². The van der Waals surface area contributed by atoms with Crippen LogP contribution in [0.3, 0.4) is 0 Å². The Morgan fingerprint density at radius 3 is 2.38 bits per heavy atom. The van der Waals surface area contributed by atoms with Crippen LogP contribution in [0, 0.1) is 0 Å². The number of rotatable bonds is 2. The Balaban J connectivity index is 0.000000140. The van der Waals surface area contributed by atoms with Crippen molar-refractivity contribution in [2.24, 2.45) is 0 Å². The molecule has 2 aromatic carbocycles. The topological polar surface area (TPSA) is 48.1 Å². The number of hydrogen-bond acceptors (Lipinski definition) is 4. The first kappa shape index (κ1) is 13.6. The van der Waals surface area contributed by atoms with Crippen LogP contribution in [0.25, 0.3) is 0 Å². The van der Waals surface area contributed by atoms with Gasteiger partial charge in [0.2, 0.25) is 0 Å². The van der Waals surface area contributed by atoms with Crippen molar-refractivity contribution in [3.63, 3.8) is 0 Å². The third kappa shape index (κ3) is 3.41. The van der Waals surface area contributed by atoms with Crippen LogP contribution >= 0.6 is 0 Å². The molecule has 0 saturated carbocycles. The van der Waals surface area contributed by atoms with E-state index in [1.165, 1.54) is 12.7 Å². The Labute approximate surface area is 123 Å². The van der Waals surface area contributed by atoms with E-state index in [0.717, 1.165) is 24.5 Å². The first-order valence-corrected chi connectivity index (χ1v) is 6.78. The predicted octanol–water partition coefficient (Wildman–Crippen LogP) is 3.12. The highest BCUT2D eigenvalue weighted by Crippen LogP contribution is 2.29. The van der Waals surface area contributed by atoms with Crippen LogP contribution in [0.1, 0.15) is 27.6 Å². The van der Waals surface area contributed by atoms with Crippen molar-refractivity contribution in [3.05, 3.63) is 65.2 Å². The second-order valence-electron chi connectivity index (χ2n) is 4.87. The molecular formula is C17H16O4. The maximum Gasteiger partial charge on any atom is 0.337 e. The standard InChI is InChI=1S/C10H10O3.C7H6O/c1-12-10(11)8-4-2-3-7(5-8)9-6-13-9;1-3-7-4-2-6(1)5-8-7/h2-5,9H,6H2,1H3;1-4H,5H2. The molecule has 0 aromatic heterocycles. The minimum atomic E-state index is -0.303. The second kappa shape index (κ2) is 5.97. The van der Waals surface area contributed by atoms with Crippen molar-refractivity contribution in [3.8, 4) is 5.75 Å². The molecule has 1 atom stereocenters. The van der Waals surface area contributed by atoms with Gasteiger partial charge in [-0.3, -0.25) is 0 Å². The molecule has 4 heteroatoms. The van der Waals surface area contributed by atoms with Crippen LogP contribution in [0.15, 0.2) is 48.5 Å². The molecule has 1 unspecified atom stereocenters. The van der Waals surface area contributed by atoms with Gasteiger partial charge in [0, 0.05) is 0 Å². The van der Waals surface area contributed by atoms with Gasteiger partial charge in [-0.15, -0.1) is 0 Å². The number of benzene rings is 2. The predicted molar refractivity (Wildman–Crippen MR) is 77.2 cm³/mol. The Bertz CT molecular complexity index is 606. The van der Waals surface area contributed by atoms with E-state index in [1.807, 2.05) is 30.3 Å². The molecule has 0 aliphatic carbocycles. The quantitative estimate of drug-likeness (QED) is 0.628. The Morgan fingerprint density at radius 1 is 1.19 bits per heavy atom. The lowest BCUT2D eigenvalue weighted by Gasteiger charge is -2.11. The largest absolute Gasteiger partial charge is 0.489 e. The zero-order valence-corrected chi connectivity index (χ0v) is 11.7. The molecule has 1 fully saturated rings. The summed E-state index contributed by atoms with van der Waals surface area (Å²) in [5.74, 6) is 0.683. The van der Waals surface area contributed by atoms with Crippen molar-refractivity contribution in [1.29, 1.82) is 0 Å². The lowest BCUT2D eigenvalue weighted by Crippen LogP contribution is -2.01. The summed E-state index contributed by atoms with van der Waals surface area (Å²) in [5.41, 5.74) is 2.89. The fourth-order valence-corrected chi connectivity index (χ4v) is 2.07. The van der Waals surface area contributed by atoms with Crippen LogP contribution in [0.2, 0.25) is 0 Å². The number of epoxide rings is 1. The molecule has 0 radical (unpaired) electrons. The molecule has 0 spiro atoms. The number of methoxy groups -OCH3 is 1. The van der Waals surface area contributed by atoms with E-state index in [9.17, 15) is 4.79 Å². The minimum Gasteiger partial charge on any atom is -0.489 e. The molecule has 2 bridgehead atoms. The maximum atomic E-state index is 11.1. The SMILES string of the molecule is COC(=O)c1cccc(C2CO2)c1.c1cc2ccc1CO2. The lowest BCUT2D eigenvalue weighted by molar-refractivity contribution is 0.0600. The van der Waals surface area contributed by atoms with Gasteiger partial charge in [0.15, 0.2) is 0 Å². The van der Waals surface area contributed by atoms with Crippen LogP contribution in [-0.2, 0) is 16.1 Å². The average molecular weight is 284 g/mol. The van der Waals surface area contributed by atoms with Gasteiger partial charge in [-0.1, -0.05) is 24.3 Å². The molecule has 3 aliphatic heterocycles. The third-order valence-corrected chi connectivity index (χ3v) is 3.34. The second-order valence-corrected chi connectivity index (χ2v) is 4.87. The summed E-state index contributed by atoms with van der Waals surface area (Å²) in [6, 6.07) is 15.5. The number of hydrogen-bond donors (Lipinski definition) is 0. The molecule has 3 aliphatic rings. The Morgan fingerprint density at radius 2 is 1.95 bits per heavy atom. The molecule has 5 rings (SSSR count). The van der Waals surface area contributed by atoms with Gasteiger partial charge in [0.1, 0.15) is 18.5 Å². The van der Waals surface area contributed by atoms with Crippen LogP contribution < -0.4 is 4.74 Å². The van der Waals surface area contributed by atoms with Crippen molar-refractivity contribution in [1.82, 2.24) is 0 Å². The number of fused-ring (bicyclic) bond motifs is 3. The number of esters is 1. The Hall–Kier alpha value is -2.33.